The number of hydrogen-bond donors (Lipinski definition) is 1. The van der Waals surface area contributed by atoms with E-state index in [1.807, 2.05) is 18.2 Å². The molecule has 1 aromatic carbocycles. The van der Waals surface area contributed by atoms with Gasteiger partial charge in [-0.05, 0) is 18.2 Å². The number of thiophene rings is 1. The summed E-state index contributed by atoms with van der Waals surface area (Å²) in [6.07, 6.45) is 0. The van der Waals surface area contributed by atoms with Gasteiger partial charge in [0.1, 0.15) is 23.1 Å². The maximum absolute atomic E-state index is 12.1. The third-order valence-corrected chi connectivity index (χ3v) is 5.75. The first-order valence-electron chi connectivity index (χ1n) is 7.65. The first kappa shape index (κ1) is 18.4. The number of anilines is 1. The zero-order valence-electron chi connectivity index (χ0n) is 14.2. The molecule has 0 aliphatic carbocycles. The second kappa shape index (κ2) is 7.88. The molecule has 0 unspecified atom stereocenters. The Morgan fingerprint density at radius 2 is 1.85 bits per heavy atom. The molecule has 2 aromatic rings. The lowest BCUT2D eigenvalue weighted by Crippen LogP contribution is -2.15. The molecule has 0 atom stereocenters. The molecule has 0 fully saturated rings. The van der Waals surface area contributed by atoms with Crippen molar-refractivity contribution in [1.29, 1.82) is 0 Å². The second-order valence-electron chi connectivity index (χ2n) is 5.23. The number of thioether (sulfide) groups is 1. The summed E-state index contributed by atoms with van der Waals surface area (Å²) in [6, 6.07) is 5.59. The Kier molecular flexibility index (Phi) is 5.58. The van der Waals surface area contributed by atoms with Crippen LogP contribution in [0.5, 0.6) is 11.5 Å². The van der Waals surface area contributed by atoms with Crippen molar-refractivity contribution in [2.24, 2.45) is 0 Å². The number of methoxy groups -OCH3 is 2. The predicted octanol–water partition coefficient (Wildman–Crippen LogP) is 2.97. The zero-order chi connectivity index (χ0) is 18.7. The maximum Gasteiger partial charge on any atom is 0.348 e. The fourth-order valence-electron chi connectivity index (χ4n) is 2.47. The Morgan fingerprint density at radius 3 is 2.54 bits per heavy atom. The van der Waals surface area contributed by atoms with Gasteiger partial charge in [0.2, 0.25) is 0 Å². The minimum Gasteiger partial charge on any atom is -0.486 e. The minimum atomic E-state index is -0.577. The van der Waals surface area contributed by atoms with Gasteiger partial charge in [-0.25, -0.2) is 9.59 Å². The van der Waals surface area contributed by atoms with Crippen molar-refractivity contribution >= 4 is 40.0 Å². The summed E-state index contributed by atoms with van der Waals surface area (Å²) >= 11 is 2.46. The topological polar surface area (TPSA) is 97.1 Å². The number of nitrogen functional groups attached to an aromatic ring is 1. The van der Waals surface area contributed by atoms with Gasteiger partial charge in [-0.1, -0.05) is 0 Å². The molecular formula is C17H17NO6S2. The highest BCUT2D eigenvalue weighted by Gasteiger charge is 2.27. The molecule has 0 radical (unpaired) electrons. The van der Waals surface area contributed by atoms with Crippen LogP contribution in [0.2, 0.25) is 0 Å². The fraction of sp³-hybridized carbons (Fsp3) is 0.294. The summed E-state index contributed by atoms with van der Waals surface area (Å²) < 4.78 is 20.7. The molecule has 2 heterocycles. The number of nitrogens with two attached hydrogens (primary N) is 1. The number of carbonyl (C=O) groups is 2. The van der Waals surface area contributed by atoms with E-state index in [2.05, 4.69) is 0 Å². The van der Waals surface area contributed by atoms with E-state index in [0.29, 0.717) is 40.9 Å². The van der Waals surface area contributed by atoms with Crippen LogP contribution in [0, 0.1) is 0 Å². The molecule has 9 heteroatoms. The Morgan fingerprint density at radius 1 is 1.15 bits per heavy atom. The molecule has 1 aromatic heterocycles. The highest BCUT2D eigenvalue weighted by molar-refractivity contribution is 7.98. The van der Waals surface area contributed by atoms with Crippen molar-refractivity contribution in [2.45, 2.75) is 10.6 Å². The molecule has 3 rings (SSSR count). The molecule has 7 nitrogen and oxygen atoms in total. The van der Waals surface area contributed by atoms with Crippen LogP contribution in [0.1, 0.15) is 25.6 Å². The average molecular weight is 395 g/mol. The van der Waals surface area contributed by atoms with Crippen molar-refractivity contribution in [3.63, 3.8) is 0 Å². The van der Waals surface area contributed by atoms with Crippen LogP contribution in [0.4, 0.5) is 5.00 Å². The molecule has 0 saturated heterocycles. The van der Waals surface area contributed by atoms with E-state index in [1.54, 1.807) is 0 Å². The predicted molar refractivity (Wildman–Crippen MR) is 98.4 cm³/mol. The normalized spacial score (nSPS) is 12.5. The van der Waals surface area contributed by atoms with Gasteiger partial charge in [0.05, 0.1) is 19.8 Å². The average Bonchev–Trinajstić information content (AvgIpc) is 3.01. The van der Waals surface area contributed by atoms with Crippen molar-refractivity contribution in [2.75, 3.05) is 33.2 Å². The maximum atomic E-state index is 12.1. The highest BCUT2D eigenvalue weighted by atomic mass is 32.2. The first-order chi connectivity index (χ1) is 12.5. The van der Waals surface area contributed by atoms with Crippen molar-refractivity contribution in [3.05, 3.63) is 34.2 Å². The second-order valence-corrected chi connectivity index (χ2v) is 7.33. The van der Waals surface area contributed by atoms with Gasteiger partial charge in [-0.15, -0.1) is 23.1 Å². The van der Waals surface area contributed by atoms with Gasteiger partial charge >= 0.3 is 11.9 Å². The molecule has 26 heavy (non-hydrogen) atoms. The summed E-state index contributed by atoms with van der Waals surface area (Å²) in [4.78, 5) is 25.3. The number of esters is 2. The Balaban J connectivity index is 1.88. The summed E-state index contributed by atoms with van der Waals surface area (Å²) in [5.41, 5.74) is 6.65. The van der Waals surface area contributed by atoms with E-state index >= 15 is 0 Å². The Bertz CT molecular complexity index is 848. The summed E-state index contributed by atoms with van der Waals surface area (Å²) in [6.45, 7) is 1.03. The largest absolute Gasteiger partial charge is 0.486 e. The number of hydrogen-bond acceptors (Lipinski definition) is 9. The molecule has 0 bridgehead atoms. The summed E-state index contributed by atoms with van der Waals surface area (Å²) in [7, 11) is 2.56. The fourth-order valence-corrected chi connectivity index (χ4v) is 4.51. The SMILES string of the molecule is COC(=O)c1sc(N)c(C(=O)OC)c1CSc1ccc2c(c1)OCCO2. The van der Waals surface area contributed by atoms with Gasteiger partial charge in [0.15, 0.2) is 11.5 Å². The molecule has 2 N–H and O–H groups in total. The highest BCUT2D eigenvalue weighted by Crippen LogP contribution is 2.39. The van der Waals surface area contributed by atoms with Gasteiger partial charge < -0.3 is 24.7 Å². The Hall–Kier alpha value is -2.39. The molecule has 138 valence electrons. The van der Waals surface area contributed by atoms with Crippen LogP contribution < -0.4 is 15.2 Å². The van der Waals surface area contributed by atoms with Crippen LogP contribution in [0.25, 0.3) is 0 Å². The number of carbonyl (C=O) groups excluding carboxylic acids is 2. The third-order valence-electron chi connectivity index (χ3n) is 3.69. The van der Waals surface area contributed by atoms with Crippen molar-refractivity contribution in [3.8, 4) is 11.5 Å². The minimum absolute atomic E-state index is 0.211. The molecule has 1 aliphatic heterocycles. The number of fused-ring (bicyclic) bond motifs is 1. The van der Waals surface area contributed by atoms with Crippen molar-refractivity contribution in [1.82, 2.24) is 0 Å². The lowest BCUT2D eigenvalue weighted by Gasteiger charge is -2.18. The number of rotatable bonds is 5. The van der Waals surface area contributed by atoms with Crippen LogP contribution >= 0.6 is 23.1 Å². The number of benzene rings is 1. The van der Waals surface area contributed by atoms with Crippen LogP contribution in [-0.4, -0.2) is 39.4 Å². The van der Waals surface area contributed by atoms with E-state index in [9.17, 15) is 9.59 Å². The quantitative estimate of drug-likeness (QED) is 0.610. The molecule has 0 amide bonds. The van der Waals surface area contributed by atoms with Gasteiger partial charge in [0, 0.05) is 16.2 Å². The Labute approximate surface area is 158 Å². The van der Waals surface area contributed by atoms with Gasteiger partial charge in [0.25, 0.3) is 0 Å². The zero-order valence-corrected chi connectivity index (χ0v) is 15.8. The first-order valence-corrected chi connectivity index (χ1v) is 9.45. The smallest absolute Gasteiger partial charge is 0.348 e. The van der Waals surface area contributed by atoms with Crippen LogP contribution in [-0.2, 0) is 15.2 Å². The molecule has 1 aliphatic rings. The van der Waals surface area contributed by atoms with Gasteiger partial charge in [-0.2, -0.15) is 0 Å². The lowest BCUT2D eigenvalue weighted by atomic mass is 10.1. The van der Waals surface area contributed by atoms with Gasteiger partial charge in [-0.3, -0.25) is 0 Å². The van der Waals surface area contributed by atoms with Crippen LogP contribution in [0.15, 0.2) is 23.1 Å². The summed E-state index contributed by atoms with van der Waals surface area (Å²) in [5.74, 6) is 0.613. The molecule has 0 saturated carbocycles. The lowest BCUT2D eigenvalue weighted by molar-refractivity contribution is 0.0601. The van der Waals surface area contributed by atoms with E-state index in [1.165, 1.54) is 26.0 Å². The molecular weight excluding hydrogens is 378 g/mol. The monoisotopic (exact) mass is 395 g/mol. The standard InChI is InChI=1S/C17H17NO6S2/c1-21-16(19)13-10(14(17(20)22-2)26-15(13)18)8-25-9-3-4-11-12(7-9)24-6-5-23-11/h3-4,7H,5-6,8,18H2,1-2H3. The van der Waals surface area contributed by atoms with Crippen molar-refractivity contribution < 1.29 is 28.5 Å². The summed E-state index contributed by atoms with van der Waals surface area (Å²) in [5, 5.41) is 0.232. The molecule has 0 spiro atoms. The van der Waals surface area contributed by atoms with Crippen LogP contribution in [0.3, 0.4) is 0 Å². The van der Waals surface area contributed by atoms with E-state index in [4.69, 9.17) is 24.7 Å². The van der Waals surface area contributed by atoms with E-state index < -0.39 is 11.9 Å². The third kappa shape index (κ3) is 3.58. The van der Waals surface area contributed by atoms with E-state index in [0.717, 1.165) is 16.2 Å². The number of ether oxygens (including phenoxy) is 4. The van der Waals surface area contributed by atoms with E-state index in [-0.39, 0.29) is 10.6 Å².